The van der Waals surface area contributed by atoms with Crippen LogP contribution in [-0.2, 0) is 4.79 Å². The number of pyridine rings is 2. The third-order valence-electron chi connectivity index (χ3n) is 6.72. The number of nitrogens with zero attached hydrogens (tertiary/aromatic N) is 6. The maximum atomic E-state index is 12.9. The number of piperazine rings is 1. The Hall–Kier alpha value is -2.49. The van der Waals surface area contributed by atoms with Crippen LogP contribution in [0.15, 0.2) is 24.5 Å². The maximum absolute atomic E-state index is 12.9. The monoisotopic (exact) mass is 451 g/mol. The van der Waals surface area contributed by atoms with Crippen molar-refractivity contribution in [1.82, 2.24) is 30.0 Å². The first-order valence-electron chi connectivity index (χ1n) is 11.3. The van der Waals surface area contributed by atoms with E-state index in [4.69, 9.17) is 0 Å². The van der Waals surface area contributed by atoms with E-state index in [1.165, 1.54) is 11.3 Å². The minimum atomic E-state index is 0.0635. The molecule has 32 heavy (non-hydrogen) atoms. The lowest BCUT2D eigenvalue weighted by atomic mass is 9.84. The summed E-state index contributed by atoms with van der Waals surface area (Å²) in [5.41, 5.74) is 0.786. The van der Waals surface area contributed by atoms with Gasteiger partial charge in [0, 0.05) is 55.9 Å². The molecular formula is C23H29N7OS. The highest BCUT2D eigenvalue weighted by Crippen LogP contribution is 2.30. The van der Waals surface area contributed by atoms with Crippen molar-refractivity contribution in [3.8, 4) is 10.7 Å². The second-order valence-electron chi connectivity index (χ2n) is 8.95. The molecule has 0 atom stereocenters. The molecule has 8 nitrogen and oxygen atoms in total. The molecule has 4 heterocycles. The second kappa shape index (κ2) is 9.17. The number of carbonyl (C=O) groups excluding carboxylic acids is 1. The van der Waals surface area contributed by atoms with Gasteiger partial charge < -0.3 is 10.2 Å². The average Bonchev–Trinajstić information content (AvgIpc) is 3.25. The molecule has 1 aliphatic heterocycles. The molecule has 5 rings (SSSR count). The first-order valence-corrected chi connectivity index (χ1v) is 12.2. The number of likely N-dealkylation sites (N-methyl/N-ethyl adjacent to an activating group) is 1. The minimum absolute atomic E-state index is 0.0635. The largest absolute Gasteiger partial charge is 0.310 e. The Labute approximate surface area is 192 Å². The van der Waals surface area contributed by atoms with Gasteiger partial charge in [0.15, 0.2) is 5.01 Å². The Balaban J connectivity index is 1.22. The fourth-order valence-corrected chi connectivity index (χ4v) is 5.40. The van der Waals surface area contributed by atoms with E-state index in [1.54, 1.807) is 12.4 Å². The molecule has 0 unspecified atom stereocenters. The summed E-state index contributed by atoms with van der Waals surface area (Å²) in [6.45, 7) is 6.51. The predicted octanol–water partition coefficient (Wildman–Crippen LogP) is 3.20. The first kappa shape index (κ1) is 21.4. The molecule has 1 saturated carbocycles. The highest BCUT2D eigenvalue weighted by Gasteiger charge is 2.30. The number of anilines is 1. The number of aryl methyl sites for hydroxylation is 1. The molecule has 1 N–H and O–H groups in total. The van der Waals surface area contributed by atoms with Crippen LogP contribution in [0.1, 0.15) is 30.7 Å². The normalized spacial score (nSPS) is 22.8. The molecule has 0 radical (unpaired) electrons. The van der Waals surface area contributed by atoms with Crippen molar-refractivity contribution < 1.29 is 4.79 Å². The smallest absolute Gasteiger partial charge is 0.228 e. The van der Waals surface area contributed by atoms with E-state index in [0.29, 0.717) is 11.9 Å². The quantitative estimate of drug-likeness (QED) is 0.652. The van der Waals surface area contributed by atoms with Crippen LogP contribution in [0, 0.1) is 12.8 Å². The zero-order valence-corrected chi connectivity index (χ0v) is 19.4. The highest BCUT2D eigenvalue weighted by atomic mass is 32.1. The minimum Gasteiger partial charge on any atom is -0.310 e. The number of hydrogen-bond donors (Lipinski definition) is 1. The lowest BCUT2D eigenvalue weighted by molar-refractivity contribution is -0.121. The molecule has 2 aliphatic rings. The molecule has 0 spiro atoms. The van der Waals surface area contributed by atoms with Gasteiger partial charge in [-0.1, -0.05) is 11.3 Å². The fourth-order valence-electron chi connectivity index (χ4n) is 4.74. The number of aromatic nitrogens is 4. The van der Waals surface area contributed by atoms with Crippen LogP contribution < -0.4 is 5.32 Å². The van der Waals surface area contributed by atoms with E-state index < -0.39 is 0 Å². The van der Waals surface area contributed by atoms with Crippen LogP contribution in [0.3, 0.4) is 0 Å². The van der Waals surface area contributed by atoms with Crippen molar-refractivity contribution in [1.29, 1.82) is 0 Å². The van der Waals surface area contributed by atoms with Crippen LogP contribution in [-0.4, -0.2) is 75.1 Å². The number of hydrogen-bond acceptors (Lipinski definition) is 8. The molecule has 168 valence electrons. The van der Waals surface area contributed by atoms with Gasteiger partial charge in [-0.15, -0.1) is 10.2 Å². The second-order valence-corrected chi connectivity index (χ2v) is 10.1. The summed E-state index contributed by atoms with van der Waals surface area (Å²) in [4.78, 5) is 26.8. The summed E-state index contributed by atoms with van der Waals surface area (Å²) < 4.78 is 0. The third-order valence-corrected chi connectivity index (χ3v) is 7.58. The van der Waals surface area contributed by atoms with Crippen LogP contribution >= 0.6 is 11.3 Å². The number of nitrogens with one attached hydrogen (secondary N) is 1. The van der Waals surface area contributed by atoms with Crippen LogP contribution in [0.5, 0.6) is 0 Å². The maximum Gasteiger partial charge on any atom is 0.228 e. The highest BCUT2D eigenvalue weighted by molar-refractivity contribution is 7.14. The molecule has 9 heteroatoms. The van der Waals surface area contributed by atoms with E-state index in [1.807, 2.05) is 19.1 Å². The molecule has 1 amide bonds. The van der Waals surface area contributed by atoms with Crippen LogP contribution in [0.4, 0.5) is 5.82 Å². The molecule has 1 aliphatic carbocycles. The number of rotatable bonds is 4. The van der Waals surface area contributed by atoms with Crippen LogP contribution in [0.25, 0.3) is 21.5 Å². The van der Waals surface area contributed by atoms with Gasteiger partial charge in [0.1, 0.15) is 16.5 Å². The third kappa shape index (κ3) is 4.65. The van der Waals surface area contributed by atoms with Crippen molar-refractivity contribution in [2.45, 2.75) is 38.6 Å². The Morgan fingerprint density at radius 1 is 1.00 bits per heavy atom. The summed E-state index contributed by atoms with van der Waals surface area (Å²) in [7, 11) is 2.19. The van der Waals surface area contributed by atoms with Gasteiger partial charge in [-0.2, -0.15) is 0 Å². The van der Waals surface area contributed by atoms with Crippen molar-refractivity contribution in [2.24, 2.45) is 5.92 Å². The Morgan fingerprint density at radius 2 is 1.75 bits per heavy atom. The molecule has 2 fully saturated rings. The standard InChI is InChI=1S/C23H29N7OS/c1-15-27-28-23(32-15)20-11-17-12-21(25-14-18(17)13-24-20)26-22(31)16-3-5-19(6-4-16)30-9-7-29(2)8-10-30/h11-14,16,19H,3-10H2,1-2H3,(H,25,26,31). The van der Waals surface area contributed by atoms with Gasteiger partial charge in [0.2, 0.25) is 5.91 Å². The van der Waals surface area contributed by atoms with E-state index in [0.717, 1.165) is 78.3 Å². The van der Waals surface area contributed by atoms with E-state index >= 15 is 0 Å². The Kier molecular flexibility index (Phi) is 6.12. The van der Waals surface area contributed by atoms with Crippen molar-refractivity contribution >= 4 is 33.8 Å². The molecular weight excluding hydrogens is 422 g/mol. The van der Waals surface area contributed by atoms with E-state index in [-0.39, 0.29) is 11.8 Å². The Morgan fingerprint density at radius 3 is 2.47 bits per heavy atom. The van der Waals surface area contributed by atoms with Crippen molar-refractivity contribution in [3.05, 3.63) is 29.5 Å². The van der Waals surface area contributed by atoms with Crippen LogP contribution in [0.2, 0.25) is 0 Å². The number of amides is 1. The van der Waals surface area contributed by atoms with Gasteiger partial charge in [-0.05, 0) is 57.2 Å². The average molecular weight is 452 g/mol. The molecule has 1 saturated heterocycles. The van der Waals surface area contributed by atoms with Crippen molar-refractivity contribution in [3.63, 3.8) is 0 Å². The first-order chi connectivity index (χ1) is 15.5. The van der Waals surface area contributed by atoms with Gasteiger partial charge in [0.25, 0.3) is 0 Å². The summed E-state index contributed by atoms with van der Waals surface area (Å²) >= 11 is 1.52. The summed E-state index contributed by atoms with van der Waals surface area (Å²) in [6, 6.07) is 4.53. The molecule has 3 aromatic rings. The number of carbonyl (C=O) groups is 1. The van der Waals surface area contributed by atoms with E-state index in [9.17, 15) is 4.79 Å². The number of fused-ring (bicyclic) bond motifs is 1. The fraction of sp³-hybridized carbons (Fsp3) is 0.522. The Bertz CT molecular complexity index is 1100. The molecule has 3 aromatic heterocycles. The SMILES string of the molecule is Cc1nnc(-c2cc3cc(NC(=O)C4CCC(N5CCN(C)CC5)CC4)ncc3cn2)s1. The lowest BCUT2D eigenvalue weighted by Crippen LogP contribution is -2.50. The zero-order valence-electron chi connectivity index (χ0n) is 18.6. The van der Waals surface area contributed by atoms with Gasteiger partial charge in [-0.3, -0.25) is 14.7 Å². The summed E-state index contributed by atoms with van der Waals surface area (Å²) in [5, 5.41) is 14.9. The van der Waals surface area contributed by atoms with Crippen molar-refractivity contribution in [2.75, 3.05) is 38.5 Å². The lowest BCUT2D eigenvalue weighted by Gasteiger charge is -2.40. The summed E-state index contributed by atoms with van der Waals surface area (Å²) in [6.07, 6.45) is 7.64. The topological polar surface area (TPSA) is 87.1 Å². The molecule has 0 bridgehead atoms. The van der Waals surface area contributed by atoms with Gasteiger partial charge in [-0.25, -0.2) is 4.98 Å². The predicted molar refractivity (Wildman–Crippen MR) is 127 cm³/mol. The summed E-state index contributed by atoms with van der Waals surface area (Å²) in [5.74, 6) is 0.741. The van der Waals surface area contributed by atoms with Gasteiger partial charge in [0.05, 0.1) is 0 Å². The zero-order chi connectivity index (χ0) is 22.1. The van der Waals surface area contributed by atoms with E-state index in [2.05, 4.69) is 42.3 Å². The van der Waals surface area contributed by atoms with Gasteiger partial charge >= 0.3 is 0 Å². The molecule has 0 aromatic carbocycles.